The number of aliphatic carboxylic acids is 1. The van der Waals surface area contributed by atoms with Crippen LogP contribution < -0.4 is 5.73 Å². The van der Waals surface area contributed by atoms with E-state index in [9.17, 15) is 4.79 Å². The molecule has 0 spiro atoms. The van der Waals surface area contributed by atoms with E-state index in [0.717, 1.165) is 16.6 Å². The van der Waals surface area contributed by atoms with Gasteiger partial charge >= 0.3 is 5.97 Å². The number of aromatic nitrogens is 2. The second-order valence-electron chi connectivity index (χ2n) is 3.80. The molecule has 5 heteroatoms. The maximum Gasteiger partial charge on any atom is 0.305 e. The van der Waals surface area contributed by atoms with Crippen molar-refractivity contribution in [1.82, 2.24) is 9.55 Å². The molecule has 2 aromatic heterocycles. The molecule has 2 aromatic rings. The first kappa shape index (κ1) is 10.6. The van der Waals surface area contributed by atoms with Crippen molar-refractivity contribution in [2.75, 3.05) is 0 Å². The van der Waals surface area contributed by atoms with Crippen LogP contribution in [0.2, 0.25) is 0 Å². The van der Waals surface area contributed by atoms with E-state index >= 15 is 0 Å². The molecule has 0 radical (unpaired) electrons. The van der Waals surface area contributed by atoms with E-state index < -0.39 is 12.0 Å². The highest BCUT2D eigenvalue weighted by Crippen LogP contribution is 2.19. The number of rotatable bonds is 3. The van der Waals surface area contributed by atoms with Crippen molar-refractivity contribution in [3.8, 4) is 0 Å². The van der Waals surface area contributed by atoms with Gasteiger partial charge < -0.3 is 15.4 Å². The summed E-state index contributed by atoms with van der Waals surface area (Å²) >= 11 is 0. The van der Waals surface area contributed by atoms with Crippen LogP contribution in [-0.4, -0.2) is 20.6 Å². The van der Waals surface area contributed by atoms with E-state index in [4.69, 9.17) is 10.8 Å². The Labute approximate surface area is 92.5 Å². The molecule has 0 fully saturated rings. The SMILES string of the molecule is Cn1ccc2ncc(C(N)CC(=O)O)cc21. The number of hydrogen-bond acceptors (Lipinski definition) is 3. The van der Waals surface area contributed by atoms with Gasteiger partial charge in [0, 0.05) is 25.5 Å². The first-order valence-corrected chi connectivity index (χ1v) is 4.96. The van der Waals surface area contributed by atoms with E-state index in [-0.39, 0.29) is 6.42 Å². The third-order valence-electron chi connectivity index (χ3n) is 2.58. The molecule has 3 N–H and O–H groups in total. The Hall–Kier alpha value is -1.88. The fourth-order valence-corrected chi connectivity index (χ4v) is 1.66. The van der Waals surface area contributed by atoms with Gasteiger partial charge in [0.2, 0.25) is 0 Å². The van der Waals surface area contributed by atoms with E-state index in [1.165, 1.54) is 0 Å². The smallest absolute Gasteiger partial charge is 0.305 e. The van der Waals surface area contributed by atoms with Crippen molar-refractivity contribution in [2.45, 2.75) is 12.5 Å². The number of carbonyl (C=O) groups is 1. The lowest BCUT2D eigenvalue weighted by Gasteiger charge is -2.09. The minimum Gasteiger partial charge on any atom is -0.481 e. The van der Waals surface area contributed by atoms with Crippen molar-refractivity contribution < 1.29 is 9.90 Å². The summed E-state index contributed by atoms with van der Waals surface area (Å²) in [5.74, 6) is -0.903. The zero-order chi connectivity index (χ0) is 11.7. The molecule has 1 unspecified atom stereocenters. The van der Waals surface area contributed by atoms with Crippen molar-refractivity contribution in [2.24, 2.45) is 12.8 Å². The summed E-state index contributed by atoms with van der Waals surface area (Å²) in [7, 11) is 1.91. The van der Waals surface area contributed by atoms with Gasteiger partial charge in [0.25, 0.3) is 0 Å². The molecule has 0 saturated heterocycles. The molecule has 0 bridgehead atoms. The first-order chi connectivity index (χ1) is 7.58. The summed E-state index contributed by atoms with van der Waals surface area (Å²) in [4.78, 5) is 14.8. The highest BCUT2D eigenvalue weighted by molar-refractivity contribution is 5.76. The van der Waals surface area contributed by atoms with Crippen LogP contribution in [0.3, 0.4) is 0 Å². The highest BCUT2D eigenvalue weighted by Gasteiger charge is 2.12. The van der Waals surface area contributed by atoms with Crippen LogP contribution >= 0.6 is 0 Å². The normalized spacial score (nSPS) is 12.9. The van der Waals surface area contributed by atoms with E-state index in [0.29, 0.717) is 0 Å². The van der Waals surface area contributed by atoms with Crippen molar-refractivity contribution in [3.63, 3.8) is 0 Å². The summed E-state index contributed by atoms with van der Waals surface area (Å²) in [6.45, 7) is 0. The molecule has 2 rings (SSSR count). The summed E-state index contributed by atoms with van der Waals surface area (Å²) in [6, 6.07) is 3.28. The third kappa shape index (κ3) is 1.90. The summed E-state index contributed by atoms with van der Waals surface area (Å²) in [5, 5.41) is 8.67. The average Bonchev–Trinajstić information content (AvgIpc) is 2.59. The van der Waals surface area contributed by atoms with Gasteiger partial charge in [-0.2, -0.15) is 0 Å². The van der Waals surface area contributed by atoms with Crippen LogP contribution in [0.4, 0.5) is 0 Å². The fraction of sp³-hybridized carbons (Fsp3) is 0.273. The molecule has 2 heterocycles. The topological polar surface area (TPSA) is 81.1 Å². The molecule has 0 aromatic carbocycles. The lowest BCUT2D eigenvalue weighted by Crippen LogP contribution is -2.15. The van der Waals surface area contributed by atoms with Gasteiger partial charge in [-0.3, -0.25) is 9.78 Å². The Morgan fingerprint density at radius 3 is 3.12 bits per heavy atom. The van der Waals surface area contributed by atoms with E-state index in [1.807, 2.05) is 29.9 Å². The molecule has 0 aliphatic rings. The maximum absolute atomic E-state index is 10.6. The monoisotopic (exact) mass is 219 g/mol. The van der Waals surface area contributed by atoms with Gasteiger partial charge in [-0.25, -0.2) is 0 Å². The van der Waals surface area contributed by atoms with Gasteiger partial charge in [-0.05, 0) is 17.7 Å². The minimum atomic E-state index is -0.903. The predicted molar refractivity (Wildman–Crippen MR) is 59.9 cm³/mol. The van der Waals surface area contributed by atoms with Crippen LogP contribution in [0.25, 0.3) is 11.0 Å². The molecule has 0 saturated carbocycles. The Balaban J connectivity index is 2.38. The van der Waals surface area contributed by atoms with Crippen molar-refractivity contribution in [1.29, 1.82) is 0 Å². The minimum absolute atomic E-state index is 0.0857. The number of nitrogens with zero attached hydrogens (tertiary/aromatic N) is 2. The van der Waals surface area contributed by atoms with Crippen molar-refractivity contribution in [3.05, 3.63) is 30.1 Å². The number of carboxylic acid groups (broad SMARTS) is 1. The fourth-order valence-electron chi connectivity index (χ4n) is 1.66. The van der Waals surface area contributed by atoms with Crippen LogP contribution in [0.5, 0.6) is 0 Å². The number of fused-ring (bicyclic) bond motifs is 1. The second-order valence-corrected chi connectivity index (χ2v) is 3.80. The van der Waals surface area contributed by atoms with Gasteiger partial charge in [0.05, 0.1) is 17.5 Å². The zero-order valence-electron chi connectivity index (χ0n) is 8.92. The van der Waals surface area contributed by atoms with Gasteiger partial charge in [-0.1, -0.05) is 0 Å². The quantitative estimate of drug-likeness (QED) is 0.808. The first-order valence-electron chi connectivity index (χ1n) is 4.96. The number of aryl methyl sites for hydroxylation is 1. The number of carboxylic acids is 1. The zero-order valence-corrected chi connectivity index (χ0v) is 8.92. The summed E-state index contributed by atoms with van der Waals surface area (Å²) < 4.78 is 1.93. The summed E-state index contributed by atoms with van der Waals surface area (Å²) in [5.41, 5.74) is 8.36. The van der Waals surface area contributed by atoms with E-state index in [1.54, 1.807) is 6.20 Å². The maximum atomic E-state index is 10.6. The third-order valence-corrected chi connectivity index (χ3v) is 2.58. The van der Waals surface area contributed by atoms with E-state index in [2.05, 4.69) is 4.98 Å². The molecule has 0 aliphatic heterocycles. The van der Waals surface area contributed by atoms with Gasteiger partial charge in [0.15, 0.2) is 0 Å². The molecule has 84 valence electrons. The Morgan fingerprint density at radius 1 is 1.69 bits per heavy atom. The van der Waals surface area contributed by atoms with Crippen LogP contribution in [0.1, 0.15) is 18.0 Å². The largest absolute Gasteiger partial charge is 0.481 e. The Morgan fingerprint density at radius 2 is 2.44 bits per heavy atom. The number of pyridine rings is 1. The Kier molecular flexibility index (Phi) is 2.62. The van der Waals surface area contributed by atoms with Crippen molar-refractivity contribution >= 4 is 17.0 Å². The van der Waals surface area contributed by atoms with Crippen LogP contribution in [-0.2, 0) is 11.8 Å². The Bertz CT molecular complexity index is 533. The molecule has 16 heavy (non-hydrogen) atoms. The lowest BCUT2D eigenvalue weighted by atomic mass is 10.1. The second kappa shape index (κ2) is 3.94. The lowest BCUT2D eigenvalue weighted by molar-refractivity contribution is -0.137. The van der Waals surface area contributed by atoms with Gasteiger partial charge in [-0.15, -0.1) is 0 Å². The molecule has 0 amide bonds. The van der Waals surface area contributed by atoms with Crippen LogP contribution in [0, 0.1) is 0 Å². The van der Waals surface area contributed by atoms with Gasteiger partial charge in [0.1, 0.15) is 0 Å². The molecular weight excluding hydrogens is 206 g/mol. The molecular formula is C11H13N3O2. The number of hydrogen-bond donors (Lipinski definition) is 2. The molecule has 1 atom stereocenters. The average molecular weight is 219 g/mol. The standard InChI is InChI=1S/C11H13N3O2/c1-14-3-2-9-10(14)4-7(6-13-9)8(12)5-11(15)16/h2-4,6,8H,5,12H2,1H3,(H,15,16). The molecule has 5 nitrogen and oxygen atoms in total. The molecule has 0 aliphatic carbocycles. The highest BCUT2D eigenvalue weighted by atomic mass is 16.4. The number of nitrogens with two attached hydrogens (primary N) is 1. The summed E-state index contributed by atoms with van der Waals surface area (Å²) in [6.07, 6.45) is 3.46. The predicted octanol–water partition coefficient (Wildman–Crippen LogP) is 1.05. The van der Waals surface area contributed by atoms with Crippen LogP contribution in [0.15, 0.2) is 24.5 Å².